The van der Waals surface area contributed by atoms with Crippen molar-refractivity contribution >= 4 is 34.7 Å². The molecule has 0 bridgehead atoms. The minimum Gasteiger partial charge on any atom is -0.462 e. The molecule has 31 heavy (non-hydrogen) atoms. The number of para-hydroxylation sites is 1. The summed E-state index contributed by atoms with van der Waals surface area (Å²) >= 11 is 0. The molecule has 0 aliphatic rings. The number of hydrogen-bond donors (Lipinski definition) is 1. The topological polar surface area (TPSA) is 110 Å². The minimum atomic E-state index is -0.530. The Kier molecular flexibility index (Phi) is 6.76. The van der Waals surface area contributed by atoms with Gasteiger partial charge in [-0.05, 0) is 50.6 Å². The molecule has 160 valence electrons. The highest BCUT2D eigenvalue weighted by Crippen LogP contribution is 2.37. The summed E-state index contributed by atoms with van der Waals surface area (Å²) in [7, 11) is 0. The number of carbonyl (C=O) groups excluding carboxylic acids is 1. The van der Waals surface area contributed by atoms with Crippen molar-refractivity contribution in [3.05, 3.63) is 76.1 Å². The largest absolute Gasteiger partial charge is 0.462 e. The van der Waals surface area contributed by atoms with Gasteiger partial charge in [0.1, 0.15) is 6.33 Å². The highest BCUT2D eigenvalue weighted by atomic mass is 16.6. The van der Waals surface area contributed by atoms with Crippen molar-refractivity contribution < 1.29 is 14.5 Å². The Labute approximate surface area is 179 Å². The van der Waals surface area contributed by atoms with E-state index in [2.05, 4.69) is 15.3 Å². The van der Waals surface area contributed by atoms with Gasteiger partial charge in [0.2, 0.25) is 11.6 Å². The van der Waals surface area contributed by atoms with Crippen LogP contribution in [0.1, 0.15) is 29.8 Å². The fraction of sp³-hybridized carbons (Fsp3) is 0.227. The van der Waals surface area contributed by atoms with Crippen LogP contribution < -0.4 is 10.2 Å². The third-order valence-electron chi connectivity index (χ3n) is 4.55. The number of carbonyl (C=O) groups is 1. The Morgan fingerprint density at radius 1 is 1.16 bits per heavy atom. The molecule has 0 aliphatic carbocycles. The number of nitrogens with one attached hydrogen (secondary N) is 1. The standard InChI is InChI=1S/C22H23N5O4/c1-4-26(16-10-8-9-15(3)13-16)21-19(27(29)30)20(23-14-24-21)25-18-12-7-6-11-17(18)22(28)31-5-2/h6-14H,4-5H2,1-3H3,(H,23,24,25). The van der Waals surface area contributed by atoms with Crippen molar-refractivity contribution in [1.29, 1.82) is 0 Å². The van der Waals surface area contributed by atoms with Gasteiger partial charge in [0.25, 0.3) is 0 Å². The monoisotopic (exact) mass is 421 g/mol. The second kappa shape index (κ2) is 9.66. The Morgan fingerprint density at radius 2 is 1.94 bits per heavy atom. The van der Waals surface area contributed by atoms with Gasteiger partial charge in [-0.2, -0.15) is 0 Å². The van der Waals surface area contributed by atoms with E-state index in [1.807, 2.05) is 38.1 Å². The van der Waals surface area contributed by atoms with Gasteiger partial charge < -0.3 is 15.0 Å². The van der Waals surface area contributed by atoms with Crippen LogP contribution in [0, 0.1) is 17.0 Å². The maximum Gasteiger partial charge on any atom is 0.354 e. The highest BCUT2D eigenvalue weighted by Gasteiger charge is 2.28. The molecule has 0 fully saturated rings. The second-order valence-corrected chi connectivity index (χ2v) is 6.63. The van der Waals surface area contributed by atoms with E-state index in [1.54, 1.807) is 36.1 Å². The Bertz CT molecular complexity index is 1100. The molecule has 3 rings (SSSR count). The van der Waals surface area contributed by atoms with Crippen molar-refractivity contribution in [3.8, 4) is 0 Å². The first-order chi connectivity index (χ1) is 15.0. The zero-order valence-corrected chi connectivity index (χ0v) is 17.5. The molecule has 0 atom stereocenters. The summed E-state index contributed by atoms with van der Waals surface area (Å²) in [4.78, 5) is 33.8. The lowest BCUT2D eigenvalue weighted by Gasteiger charge is -2.22. The van der Waals surface area contributed by atoms with E-state index in [0.717, 1.165) is 11.3 Å². The predicted molar refractivity (Wildman–Crippen MR) is 118 cm³/mol. The number of nitro groups is 1. The van der Waals surface area contributed by atoms with Gasteiger partial charge in [-0.15, -0.1) is 0 Å². The molecule has 0 saturated carbocycles. The van der Waals surface area contributed by atoms with Gasteiger partial charge in [0, 0.05) is 12.2 Å². The molecular weight excluding hydrogens is 398 g/mol. The molecule has 9 nitrogen and oxygen atoms in total. The first kappa shape index (κ1) is 21.7. The molecule has 0 spiro atoms. The Balaban J connectivity index is 2.08. The number of benzene rings is 2. The van der Waals surface area contributed by atoms with Crippen molar-refractivity contribution in [3.63, 3.8) is 0 Å². The first-order valence-electron chi connectivity index (χ1n) is 9.83. The van der Waals surface area contributed by atoms with Crippen LogP contribution in [-0.2, 0) is 4.74 Å². The fourth-order valence-electron chi connectivity index (χ4n) is 3.18. The molecule has 1 aromatic heterocycles. The maximum atomic E-state index is 12.3. The van der Waals surface area contributed by atoms with E-state index in [9.17, 15) is 14.9 Å². The number of rotatable bonds is 8. The van der Waals surface area contributed by atoms with Gasteiger partial charge in [-0.25, -0.2) is 14.8 Å². The number of esters is 1. The van der Waals surface area contributed by atoms with Gasteiger partial charge in [-0.1, -0.05) is 24.3 Å². The van der Waals surface area contributed by atoms with Crippen LogP contribution in [0.4, 0.5) is 28.7 Å². The van der Waals surface area contributed by atoms with E-state index in [1.165, 1.54) is 6.33 Å². The zero-order valence-electron chi connectivity index (χ0n) is 17.5. The highest BCUT2D eigenvalue weighted by molar-refractivity contribution is 5.97. The predicted octanol–water partition coefficient (Wildman–Crippen LogP) is 4.77. The summed E-state index contributed by atoms with van der Waals surface area (Å²) in [6.45, 7) is 6.22. The SMILES string of the molecule is CCOC(=O)c1ccccc1Nc1ncnc(N(CC)c2cccc(C)c2)c1[N+](=O)[O-]. The molecule has 0 saturated heterocycles. The molecule has 0 unspecified atom stereocenters. The minimum absolute atomic E-state index is 0.0159. The molecule has 0 aliphatic heterocycles. The van der Waals surface area contributed by atoms with Gasteiger partial charge in [0.15, 0.2) is 0 Å². The van der Waals surface area contributed by atoms with Crippen LogP contribution in [-0.4, -0.2) is 34.0 Å². The van der Waals surface area contributed by atoms with E-state index in [-0.39, 0.29) is 29.5 Å². The van der Waals surface area contributed by atoms with E-state index >= 15 is 0 Å². The lowest BCUT2D eigenvalue weighted by Crippen LogP contribution is -2.20. The van der Waals surface area contributed by atoms with E-state index < -0.39 is 10.9 Å². The van der Waals surface area contributed by atoms with Gasteiger partial charge in [-0.3, -0.25) is 10.1 Å². The third-order valence-corrected chi connectivity index (χ3v) is 4.55. The first-order valence-corrected chi connectivity index (χ1v) is 9.83. The molecule has 0 amide bonds. The van der Waals surface area contributed by atoms with Crippen LogP contribution in [0.3, 0.4) is 0 Å². The van der Waals surface area contributed by atoms with E-state index in [0.29, 0.717) is 12.2 Å². The summed E-state index contributed by atoms with van der Waals surface area (Å²) < 4.78 is 5.08. The number of ether oxygens (including phenoxy) is 1. The smallest absolute Gasteiger partial charge is 0.354 e. The van der Waals surface area contributed by atoms with Crippen LogP contribution in [0.15, 0.2) is 54.9 Å². The maximum absolute atomic E-state index is 12.3. The molecule has 1 heterocycles. The number of hydrogen-bond acceptors (Lipinski definition) is 8. The van der Waals surface area contributed by atoms with Crippen molar-refractivity contribution in [2.45, 2.75) is 20.8 Å². The van der Waals surface area contributed by atoms with Crippen LogP contribution >= 0.6 is 0 Å². The Morgan fingerprint density at radius 3 is 2.61 bits per heavy atom. The van der Waals surface area contributed by atoms with Gasteiger partial charge in [0.05, 0.1) is 22.8 Å². The zero-order chi connectivity index (χ0) is 22.4. The molecular formula is C22H23N5O4. The van der Waals surface area contributed by atoms with Gasteiger partial charge >= 0.3 is 11.7 Å². The molecule has 1 N–H and O–H groups in total. The lowest BCUT2D eigenvalue weighted by atomic mass is 10.1. The van der Waals surface area contributed by atoms with Crippen LogP contribution in [0.25, 0.3) is 0 Å². The lowest BCUT2D eigenvalue weighted by molar-refractivity contribution is -0.383. The summed E-state index contributed by atoms with van der Waals surface area (Å²) in [5.41, 5.74) is 2.12. The average Bonchev–Trinajstić information content (AvgIpc) is 2.75. The third kappa shape index (κ3) is 4.77. The van der Waals surface area contributed by atoms with Crippen LogP contribution in [0.5, 0.6) is 0 Å². The average molecular weight is 421 g/mol. The second-order valence-electron chi connectivity index (χ2n) is 6.63. The molecule has 9 heteroatoms. The normalized spacial score (nSPS) is 10.4. The van der Waals surface area contributed by atoms with E-state index in [4.69, 9.17) is 4.74 Å². The van der Waals surface area contributed by atoms with Crippen molar-refractivity contribution in [2.24, 2.45) is 0 Å². The quantitative estimate of drug-likeness (QED) is 0.314. The Hall–Kier alpha value is -4.01. The number of aromatic nitrogens is 2. The summed E-state index contributed by atoms with van der Waals surface area (Å²) in [5, 5.41) is 15.0. The summed E-state index contributed by atoms with van der Waals surface area (Å²) in [5.74, 6) is -0.389. The molecule has 0 radical (unpaired) electrons. The van der Waals surface area contributed by atoms with Crippen molar-refractivity contribution in [1.82, 2.24) is 9.97 Å². The molecule has 3 aromatic rings. The van der Waals surface area contributed by atoms with Crippen LogP contribution in [0.2, 0.25) is 0 Å². The fourth-order valence-corrected chi connectivity index (χ4v) is 3.18. The number of anilines is 4. The number of aryl methyl sites for hydroxylation is 1. The summed E-state index contributed by atoms with van der Waals surface area (Å²) in [6, 6.07) is 14.2. The summed E-state index contributed by atoms with van der Waals surface area (Å²) in [6.07, 6.45) is 1.26. The molecule has 2 aromatic carbocycles. The van der Waals surface area contributed by atoms with Crippen molar-refractivity contribution in [2.75, 3.05) is 23.4 Å². The number of nitrogens with zero attached hydrogens (tertiary/aromatic N) is 4.